The Morgan fingerprint density at radius 2 is 2.30 bits per heavy atom. The zero-order chi connectivity index (χ0) is 16.4. The van der Waals surface area contributed by atoms with Gasteiger partial charge in [-0.3, -0.25) is 9.69 Å². The smallest absolute Gasteiger partial charge is 0.319 e. The van der Waals surface area contributed by atoms with Crippen LogP contribution in [-0.2, 0) is 16.0 Å². The van der Waals surface area contributed by atoms with Gasteiger partial charge in [-0.1, -0.05) is 17.7 Å². The molecular weight excluding hydrogens is 318 g/mol. The van der Waals surface area contributed by atoms with Crippen molar-refractivity contribution in [2.24, 2.45) is 0 Å². The van der Waals surface area contributed by atoms with Crippen molar-refractivity contribution in [3.63, 3.8) is 0 Å². The summed E-state index contributed by atoms with van der Waals surface area (Å²) >= 11 is 6.01. The third-order valence-corrected chi connectivity index (χ3v) is 4.59. The highest BCUT2D eigenvalue weighted by molar-refractivity contribution is 6.30. The third kappa shape index (κ3) is 3.43. The fourth-order valence-electron chi connectivity index (χ4n) is 3.11. The highest BCUT2D eigenvalue weighted by atomic mass is 35.5. The average molecular weight is 338 g/mol. The van der Waals surface area contributed by atoms with E-state index in [-0.39, 0.29) is 24.5 Å². The second-order valence-electron chi connectivity index (χ2n) is 5.87. The lowest BCUT2D eigenvalue weighted by molar-refractivity contribution is -0.127. The summed E-state index contributed by atoms with van der Waals surface area (Å²) in [7, 11) is 1.59. The Morgan fingerprint density at radius 3 is 3.09 bits per heavy atom. The van der Waals surface area contributed by atoms with Gasteiger partial charge in [0.05, 0.1) is 19.3 Å². The molecule has 0 bridgehead atoms. The molecule has 1 aromatic rings. The van der Waals surface area contributed by atoms with Gasteiger partial charge in [0.2, 0.25) is 5.91 Å². The van der Waals surface area contributed by atoms with Gasteiger partial charge in [-0.05, 0) is 36.1 Å². The van der Waals surface area contributed by atoms with Crippen molar-refractivity contribution in [2.45, 2.75) is 18.9 Å². The number of amides is 3. The van der Waals surface area contributed by atoms with Crippen LogP contribution in [0.2, 0.25) is 5.02 Å². The first-order chi connectivity index (χ1) is 11.1. The maximum Gasteiger partial charge on any atom is 0.319 e. The molecule has 1 atom stereocenters. The van der Waals surface area contributed by atoms with Crippen LogP contribution in [0.25, 0.3) is 0 Å². The minimum absolute atomic E-state index is 0.0158. The maximum atomic E-state index is 12.4. The van der Waals surface area contributed by atoms with Gasteiger partial charge in [0.25, 0.3) is 0 Å². The Labute approximate surface area is 140 Å². The number of rotatable bonds is 4. The van der Waals surface area contributed by atoms with Crippen molar-refractivity contribution in [1.82, 2.24) is 15.1 Å². The van der Waals surface area contributed by atoms with E-state index in [2.05, 4.69) is 5.32 Å². The van der Waals surface area contributed by atoms with E-state index in [4.69, 9.17) is 16.3 Å². The number of methoxy groups -OCH3 is 1. The lowest BCUT2D eigenvalue weighted by Crippen LogP contribution is -2.41. The number of carbonyl (C=O) groups is 2. The Morgan fingerprint density at radius 1 is 1.48 bits per heavy atom. The lowest BCUT2D eigenvalue weighted by atomic mass is 10.1. The molecule has 0 saturated carbocycles. The van der Waals surface area contributed by atoms with Crippen LogP contribution in [-0.4, -0.2) is 55.2 Å². The van der Waals surface area contributed by atoms with E-state index in [1.54, 1.807) is 12.0 Å². The molecule has 0 aromatic heterocycles. The molecule has 1 fully saturated rings. The van der Waals surface area contributed by atoms with Gasteiger partial charge in [-0.2, -0.15) is 0 Å². The van der Waals surface area contributed by atoms with Gasteiger partial charge in [0, 0.05) is 18.7 Å². The first-order valence-electron chi connectivity index (χ1n) is 7.69. The Kier molecular flexibility index (Phi) is 4.73. The van der Waals surface area contributed by atoms with E-state index in [0.29, 0.717) is 19.8 Å². The van der Waals surface area contributed by atoms with E-state index >= 15 is 0 Å². The van der Waals surface area contributed by atoms with Crippen molar-refractivity contribution in [3.05, 3.63) is 34.3 Å². The highest BCUT2D eigenvalue weighted by Gasteiger charge is 2.32. The number of aryl methyl sites for hydroxylation is 1. The number of benzene rings is 1. The zero-order valence-corrected chi connectivity index (χ0v) is 13.8. The number of hydrogen-bond acceptors (Lipinski definition) is 3. The molecule has 3 amide bonds. The molecule has 6 nitrogen and oxygen atoms in total. The molecule has 2 aliphatic rings. The molecule has 1 unspecified atom stereocenters. The van der Waals surface area contributed by atoms with Gasteiger partial charge in [0.15, 0.2) is 0 Å². The Bertz CT molecular complexity index is 623. The van der Waals surface area contributed by atoms with E-state index in [9.17, 15) is 9.59 Å². The molecular formula is C16H20ClN3O3. The van der Waals surface area contributed by atoms with Crippen LogP contribution < -0.4 is 5.32 Å². The molecule has 0 radical (unpaired) electrons. The molecule has 1 aromatic carbocycles. The van der Waals surface area contributed by atoms with E-state index < -0.39 is 0 Å². The number of halogens is 1. The quantitative estimate of drug-likeness (QED) is 0.911. The SMILES string of the molecule is COCCN1CN(C(=O)NC2CCc3cc(Cl)ccc32)CC1=O. The first kappa shape index (κ1) is 16.1. The van der Waals surface area contributed by atoms with Gasteiger partial charge in [-0.25, -0.2) is 4.79 Å². The fourth-order valence-corrected chi connectivity index (χ4v) is 3.30. The molecule has 1 heterocycles. The summed E-state index contributed by atoms with van der Waals surface area (Å²) in [4.78, 5) is 27.5. The van der Waals surface area contributed by atoms with Crippen LogP contribution in [0.3, 0.4) is 0 Å². The van der Waals surface area contributed by atoms with Gasteiger partial charge in [0.1, 0.15) is 6.54 Å². The number of fused-ring (bicyclic) bond motifs is 1. The van der Waals surface area contributed by atoms with Crippen molar-refractivity contribution in [2.75, 3.05) is 33.5 Å². The minimum Gasteiger partial charge on any atom is -0.383 e. The molecule has 1 N–H and O–H groups in total. The normalized spacial score (nSPS) is 20.1. The summed E-state index contributed by atoms with van der Waals surface area (Å²) in [6.07, 6.45) is 1.76. The van der Waals surface area contributed by atoms with Gasteiger partial charge < -0.3 is 15.0 Å². The Balaban J connectivity index is 1.60. The van der Waals surface area contributed by atoms with Crippen LogP contribution in [0.1, 0.15) is 23.6 Å². The molecule has 0 spiro atoms. The zero-order valence-electron chi connectivity index (χ0n) is 13.0. The van der Waals surface area contributed by atoms with E-state index in [1.165, 1.54) is 10.5 Å². The predicted octanol–water partition coefficient (Wildman–Crippen LogP) is 1.78. The van der Waals surface area contributed by atoms with Crippen LogP contribution in [0.15, 0.2) is 18.2 Å². The molecule has 1 aliphatic heterocycles. The molecule has 23 heavy (non-hydrogen) atoms. The number of ether oxygens (including phenoxy) is 1. The average Bonchev–Trinajstić information content (AvgIpc) is 3.09. The fraction of sp³-hybridized carbons (Fsp3) is 0.500. The number of hydrogen-bond donors (Lipinski definition) is 1. The van der Waals surface area contributed by atoms with Crippen LogP contribution in [0.4, 0.5) is 4.79 Å². The molecule has 1 aliphatic carbocycles. The van der Waals surface area contributed by atoms with E-state index in [1.807, 2.05) is 18.2 Å². The van der Waals surface area contributed by atoms with Crippen molar-refractivity contribution in [3.8, 4) is 0 Å². The lowest BCUT2D eigenvalue weighted by Gasteiger charge is -2.21. The minimum atomic E-state index is -0.203. The second kappa shape index (κ2) is 6.76. The number of nitrogens with zero attached hydrogens (tertiary/aromatic N) is 2. The topological polar surface area (TPSA) is 61.9 Å². The molecule has 124 valence electrons. The monoisotopic (exact) mass is 337 g/mol. The summed E-state index contributed by atoms with van der Waals surface area (Å²) in [5, 5.41) is 3.74. The summed E-state index contributed by atoms with van der Waals surface area (Å²) in [5.74, 6) is -0.0456. The summed E-state index contributed by atoms with van der Waals surface area (Å²) in [6, 6.07) is 5.55. The largest absolute Gasteiger partial charge is 0.383 e. The summed E-state index contributed by atoms with van der Waals surface area (Å²) < 4.78 is 4.98. The number of carbonyl (C=O) groups excluding carboxylic acids is 2. The van der Waals surface area contributed by atoms with E-state index in [0.717, 1.165) is 23.4 Å². The van der Waals surface area contributed by atoms with Crippen molar-refractivity contribution < 1.29 is 14.3 Å². The maximum absolute atomic E-state index is 12.4. The van der Waals surface area contributed by atoms with Gasteiger partial charge >= 0.3 is 6.03 Å². The van der Waals surface area contributed by atoms with Crippen LogP contribution in [0.5, 0.6) is 0 Å². The standard InChI is InChI=1S/C16H20ClN3O3/c1-23-7-6-19-10-20(9-15(19)21)16(22)18-14-5-2-11-8-12(17)3-4-13(11)14/h3-4,8,14H,2,5-7,9-10H2,1H3,(H,18,22). The Hall–Kier alpha value is -1.79. The molecule has 1 saturated heterocycles. The van der Waals surface area contributed by atoms with Crippen molar-refractivity contribution >= 4 is 23.5 Å². The molecule has 3 rings (SSSR count). The third-order valence-electron chi connectivity index (χ3n) is 4.35. The summed E-state index contributed by atoms with van der Waals surface area (Å²) in [6.45, 7) is 1.41. The number of nitrogens with one attached hydrogen (secondary N) is 1. The number of urea groups is 1. The second-order valence-corrected chi connectivity index (χ2v) is 6.31. The summed E-state index contributed by atoms with van der Waals surface area (Å²) in [5.41, 5.74) is 2.30. The van der Waals surface area contributed by atoms with Crippen molar-refractivity contribution in [1.29, 1.82) is 0 Å². The van der Waals surface area contributed by atoms with Crippen LogP contribution >= 0.6 is 11.6 Å². The van der Waals surface area contributed by atoms with Crippen LogP contribution in [0, 0.1) is 0 Å². The predicted molar refractivity (Wildman–Crippen MR) is 86.2 cm³/mol. The first-order valence-corrected chi connectivity index (χ1v) is 8.06. The highest BCUT2D eigenvalue weighted by Crippen LogP contribution is 2.33. The molecule has 7 heteroatoms. The van der Waals surface area contributed by atoms with Gasteiger partial charge in [-0.15, -0.1) is 0 Å².